The van der Waals surface area contributed by atoms with Gasteiger partial charge in [-0.25, -0.2) is 0 Å². The Hall–Kier alpha value is -2.99. The van der Waals surface area contributed by atoms with Crippen molar-refractivity contribution in [2.75, 3.05) is 13.1 Å². The van der Waals surface area contributed by atoms with E-state index in [-0.39, 0.29) is 24.1 Å². The van der Waals surface area contributed by atoms with Crippen LogP contribution in [0.15, 0.2) is 48.5 Å². The topological polar surface area (TPSA) is 69.7 Å². The molecule has 0 radical (unpaired) electrons. The summed E-state index contributed by atoms with van der Waals surface area (Å²) in [5.41, 5.74) is 4.33. The van der Waals surface area contributed by atoms with Crippen molar-refractivity contribution in [3.05, 3.63) is 70.8 Å². The van der Waals surface area contributed by atoms with Crippen LogP contribution in [0, 0.1) is 0 Å². The number of hydrogen-bond acceptors (Lipinski definition) is 4. The van der Waals surface area contributed by atoms with Crippen LogP contribution in [-0.2, 0) is 16.1 Å². The number of likely N-dealkylation sites (tertiary alicyclic amines) is 1. The Morgan fingerprint density at radius 1 is 0.969 bits per heavy atom. The Morgan fingerprint density at radius 2 is 1.72 bits per heavy atom. The molecule has 0 aliphatic carbocycles. The van der Waals surface area contributed by atoms with Crippen molar-refractivity contribution in [3.8, 4) is 0 Å². The molecule has 2 atom stereocenters. The molecule has 3 amide bonds. The molecule has 2 fully saturated rings. The second kappa shape index (κ2) is 8.51. The molecule has 0 aromatic heterocycles. The van der Waals surface area contributed by atoms with E-state index in [1.807, 2.05) is 6.07 Å². The fourth-order valence-electron chi connectivity index (χ4n) is 5.41. The predicted octanol–water partition coefficient (Wildman–Crippen LogP) is 3.39. The van der Waals surface area contributed by atoms with Gasteiger partial charge in [-0.1, -0.05) is 42.5 Å². The van der Waals surface area contributed by atoms with Crippen molar-refractivity contribution in [2.24, 2.45) is 0 Å². The summed E-state index contributed by atoms with van der Waals surface area (Å²) in [4.78, 5) is 40.8. The minimum atomic E-state index is -0.557. The van der Waals surface area contributed by atoms with Gasteiger partial charge in [0.2, 0.25) is 11.8 Å². The average molecular weight is 432 g/mol. The third-order valence-corrected chi connectivity index (χ3v) is 7.38. The summed E-state index contributed by atoms with van der Waals surface area (Å²) in [6, 6.07) is 16.7. The lowest BCUT2D eigenvalue weighted by molar-refractivity contribution is -0.136. The monoisotopic (exact) mass is 431 g/mol. The van der Waals surface area contributed by atoms with Crippen LogP contribution in [0.1, 0.15) is 71.6 Å². The number of nitrogens with zero attached hydrogens (tertiary/aromatic N) is 2. The number of nitrogens with one attached hydrogen (secondary N) is 1. The maximum atomic E-state index is 12.9. The number of imide groups is 1. The first-order chi connectivity index (χ1) is 15.5. The highest BCUT2D eigenvalue weighted by Crippen LogP contribution is 2.35. The van der Waals surface area contributed by atoms with Crippen LogP contribution in [0.5, 0.6) is 0 Å². The van der Waals surface area contributed by atoms with Crippen molar-refractivity contribution >= 4 is 17.7 Å². The lowest BCUT2D eigenvalue weighted by Crippen LogP contribution is -2.52. The number of fused-ring (bicyclic) bond motifs is 1. The summed E-state index contributed by atoms with van der Waals surface area (Å²) in [6.45, 7) is 4.83. The van der Waals surface area contributed by atoms with Crippen molar-refractivity contribution in [1.29, 1.82) is 0 Å². The molecular weight excluding hydrogens is 402 g/mol. The highest BCUT2D eigenvalue weighted by molar-refractivity contribution is 6.05. The van der Waals surface area contributed by atoms with E-state index in [0.29, 0.717) is 30.5 Å². The Bertz CT molecular complexity index is 1040. The molecule has 3 aliphatic rings. The van der Waals surface area contributed by atoms with Crippen LogP contribution in [0.3, 0.4) is 0 Å². The van der Waals surface area contributed by atoms with Gasteiger partial charge in [0, 0.05) is 24.6 Å². The Labute approximate surface area is 188 Å². The van der Waals surface area contributed by atoms with E-state index >= 15 is 0 Å². The van der Waals surface area contributed by atoms with Crippen LogP contribution in [0.4, 0.5) is 0 Å². The fraction of sp³-hybridized carbons (Fsp3) is 0.423. The SMILES string of the molecule is CC(c1ccccc1)N1CCC(c2ccc3c(c2)CN(C2CCC(=O)NC2=O)C3=O)CC1. The molecule has 6 nitrogen and oxygen atoms in total. The van der Waals surface area contributed by atoms with E-state index in [1.54, 1.807) is 4.90 Å². The minimum Gasteiger partial charge on any atom is -0.322 e. The molecule has 3 aliphatic heterocycles. The molecule has 3 heterocycles. The maximum Gasteiger partial charge on any atom is 0.255 e. The van der Waals surface area contributed by atoms with Gasteiger partial charge in [-0.05, 0) is 68.0 Å². The number of rotatable bonds is 4. The average Bonchev–Trinajstić information content (AvgIpc) is 3.15. The molecule has 5 rings (SSSR count). The normalized spacial score (nSPS) is 23.2. The van der Waals surface area contributed by atoms with E-state index in [2.05, 4.69) is 59.6 Å². The fourth-order valence-corrected chi connectivity index (χ4v) is 5.41. The smallest absolute Gasteiger partial charge is 0.255 e. The first-order valence-electron chi connectivity index (χ1n) is 11.6. The number of amides is 3. The molecule has 166 valence electrons. The Kier molecular flexibility index (Phi) is 5.55. The number of carbonyl (C=O) groups excluding carboxylic acids is 3. The first-order valence-corrected chi connectivity index (χ1v) is 11.6. The highest BCUT2D eigenvalue weighted by atomic mass is 16.2. The second-order valence-corrected chi connectivity index (χ2v) is 9.21. The third kappa shape index (κ3) is 3.84. The number of benzene rings is 2. The third-order valence-electron chi connectivity index (χ3n) is 7.38. The summed E-state index contributed by atoms with van der Waals surface area (Å²) in [5.74, 6) is -0.236. The Balaban J connectivity index is 1.25. The first kappa shape index (κ1) is 20.9. The quantitative estimate of drug-likeness (QED) is 0.754. The molecule has 0 bridgehead atoms. The Morgan fingerprint density at radius 3 is 2.44 bits per heavy atom. The second-order valence-electron chi connectivity index (χ2n) is 9.21. The van der Waals surface area contributed by atoms with Crippen molar-refractivity contribution in [3.63, 3.8) is 0 Å². The van der Waals surface area contributed by atoms with E-state index < -0.39 is 6.04 Å². The summed E-state index contributed by atoms with van der Waals surface area (Å²) in [6.07, 6.45) is 2.87. The zero-order valence-corrected chi connectivity index (χ0v) is 18.4. The predicted molar refractivity (Wildman–Crippen MR) is 121 cm³/mol. The molecule has 2 saturated heterocycles. The lowest BCUT2D eigenvalue weighted by atomic mass is 9.87. The van der Waals surface area contributed by atoms with Crippen LogP contribution < -0.4 is 5.32 Å². The van der Waals surface area contributed by atoms with Gasteiger partial charge in [0.05, 0.1) is 0 Å². The molecule has 2 unspecified atom stereocenters. The van der Waals surface area contributed by atoms with Gasteiger partial charge in [-0.2, -0.15) is 0 Å². The molecule has 0 saturated carbocycles. The highest BCUT2D eigenvalue weighted by Gasteiger charge is 2.39. The summed E-state index contributed by atoms with van der Waals surface area (Å²) >= 11 is 0. The lowest BCUT2D eigenvalue weighted by Gasteiger charge is -2.36. The zero-order chi connectivity index (χ0) is 22.2. The van der Waals surface area contributed by atoms with Gasteiger partial charge in [-0.3, -0.25) is 24.6 Å². The molecule has 1 N–H and O–H groups in total. The van der Waals surface area contributed by atoms with Crippen LogP contribution in [0.25, 0.3) is 0 Å². The van der Waals surface area contributed by atoms with Gasteiger partial charge >= 0.3 is 0 Å². The van der Waals surface area contributed by atoms with E-state index in [9.17, 15) is 14.4 Å². The van der Waals surface area contributed by atoms with Crippen molar-refractivity contribution < 1.29 is 14.4 Å². The number of hydrogen-bond donors (Lipinski definition) is 1. The van der Waals surface area contributed by atoms with Gasteiger partial charge < -0.3 is 4.90 Å². The molecule has 0 spiro atoms. The van der Waals surface area contributed by atoms with E-state index in [1.165, 1.54) is 11.1 Å². The molecule has 2 aromatic carbocycles. The van der Waals surface area contributed by atoms with Crippen molar-refractivity contribution in [2.45, 2.75) is 57.2 Å². The molecule has 32 heavy (non-hydrogen) atoms. The summed E-state index contributed by atoms with van der Waals surface area (Å²) in [7, 11) is 0. The summed E-state index contributed by atoms with van der Waals surface area (Å²) in [5, 5.41) is 2.37. The van der Waals surface area contributed by atoms with Gasteiger partial charge in [0.15, 0.2) is 0 Å². The van der Waals surface area contributed by atoms with E-state index in [0.717, 1.165) is 31.5 Å². The summed E-state index contributed by atoms with van der Waals surface area (Å²) < 4.78 is 0. The van der Waals surface area contributed by atoms with Crippen LogP contribution >= 0.6 is 0 Å². The standard InChI is InChI=1S/C26H29N3O3/c1-17(18-5-3-2-4-6-18)28-13-11-19(12-14-28)20-7-8-22-21(15-20)16-29(26(22)32)23-9-10-24(30)27-25(23)31/h2-8,15,17,19,23H,9-14,16H2,1H3,(H,27,30,31). The number of carbonyl (C=O) groups is 3. The van der Waals surface area contributed by atoms with E-state index in [4.69, 9.17) is 0 Å². The largest absolute Gasteiger partial charge is 0.322 e. The van der Waals surface area contributed by atoms with Gasteiger partial charge in [0.25, 0.3) is 5.91 Å². The molecule has 2 aromatic rings. The van der Waals surface area contributed by atoms with Crippen molar-refractivity contribution in [1.82, 2.24) is 15.1 Å². The molecular formula is C26H29N3O3. The zero-order valence-electron chi connectivity index (χ0n) is 18.4. The van der Waals surface area contributed by atoms with Crippen LogP contribution in [0.2, 0.25) is 0 Å². The minimum absolute atomic E-state index is 0.104. The van der Waals surface area contributed by atoms with Gasteiger partial charge in [0.1, 0.15) is 6.04 Å². The van der Waals surface area contributed by atoms with Crippen LogP contribution in [-0.4, -0.2) is 46.7 Å². The van der Waals surface area contributed by atoms with Gasteiger partial charge in [-0.15, -0.1) is 0 Å². The maximum absolute atomic E-state index is 12.9. The number of piperidine rings is 2. The molecule has 6 heteroatoms.